The van der Waals surface area contributed by atoms with Crippen molar-refractivity contribution in [3.8, 4) is 11.4 Å². The van der Waals surface area contributed by atoms with Crippen LogP contribution in [-0.2, 0) is 11.9 Å². The van der Waals surface area contributed by atoms with Crippen LogP contribution in [0.25, 0.3) is 11.4 Å². The number of benzene rings is 1. The average Bonchev–Trinajstić information content (AvgIpc) is 2.71. The van der Waals surface area contributed by atoms with Gasteiger partial charge < -0.3 is 4.57 Å². The Hall–Kier alpha value is -0.580. The van der Waals surface area contributed by atoms with Crippen LogP contribution < -0.4 is 0 Å². The highest BCUT2D eigenvalue weighted by atomic mass is 79.9. The predicted molar refractivity (Wildman–Crippen MR) is 73.8 cm³/mol. The largest absolute Gasteiger partial charge is 0.310 e. The highest BCUT2D eigenvalue weighted by Gasteiger charge is 2.17. The van der Waals surface area contributed by atoms with Gasteiger partial charge >= 0.3 is 0 Å². The molecule has 1 aromatic carbocycles. The van der Waals surface area contributed by atoms with Crippen LogP contribution >= 0.6 is 39.1 Å². The van der Waals surface area contributed by atoms with E-state index in [9.17, 15) is 0 Å². The van der Waals surface area contributed by atoms with Gasteiger partial charge in [-0.15, -0.1) is 10.2 Å². The number of aromatic nitrogens is 3. The van der Waals surface area contributed by atoms with Gasteiger partial charge in [0.05, 0.1) is 20.9 Å². The molecule has 0 saturated carbocycles. The maximum Gasteiger partial charge on any atom is 0.166 e. The first-order valence-electron chi connectivity index (χ1n) is 5.11. The summed E-state index contributed by atoms with van der Waals surface area (Å²) in [7, 11) is 0. The molecule has 17 heavy (non-hydrogen) atoms. The third-order valence-electron chi connectivity index (χ3n) is 2.45. The number of rotatable bonds is 3. The highest BCUT2D eigenvalue weighted by Crippen LogP contribution is 2.33. The Morgan fingerprint density at radius 1 is 1.24 bits per heavy atom. The first kappa shape index (κ1) is 12.9. The van der Waals surface area contributed by atoms with Crippen molar-refractivity contribution in [2.24, 2.45) is 0 Å². The van der Waals surface area contributed by atoms with E-state index in [4.69, 9.17) is 23.2 Å². The lowest BCUT2D eigenvalue weighted by molar-refractivity contribution is 0.733. The van der Waals surface area contributed by atoms with Crippen molar-refractivity contribution >= 4 is 39.1 Å². The minimum Gasteiger partial charge on any atom is -0.310 e. The summed E-state index contributed by atoms with van der Waals surface area (Å²) in [4.78, 5) is 0. The summed E-state index contributed by atoms with van der Waals surface area (Å²) in [6.45, 7) is 2.80. The Morgan fingerprint density at radius 2 is 1.88 bits per heavy atom. The second kappa shape index (κ2) is 5.38. The monoisotopic (exact) mass is 333 g/mol. The summed E-state index contributed by atoms with van der Waals surface area (Å²) < 4.78 is 1.99. The van der Waals surface area contributed by atoms with E-state index in [-0.39, 0.29) is 0 Å². The van der Waals surface area contributed by atoms with E-state index in [0.29, 0.717) is 21.2 Å². The van der Waals surface area contributed by atoms with Crippen LogP contribution in [0.2, 0.25) is 10.0 Å². The van der Waals surface area contributed by atoms with Crippen LogP contribution in [0.1, 0.15) is 12.7 Å². The lowest BCUT2D eigenvalue weighted by atomic mass is 10.2. The normalized spacial score (nSPS) is 10.8. The van der Waals surface area contributed by atoms with Gasteiger partial charge in [0.25, 0.3) is 0 Å². The average molecular weight is 335 g/mol. The first-order chi connectivity index (χ1) is 8.19. The molecule has 0 spiro atoms. The third kappa shape index (κ3) is 2.34. The summed E-state index contributed by atoms with van der Waals surface area (Å²) in [6.07, 6.45) is 0. The molecule has 90 valence electrons. The minimum absolute atomic E-state index is 0.584. The van der Waals surface area contributed by atoms with Gasteiger partial charge in [0, 0.05) is 6.54 Å². The molecule has 0 unspecified atom stereocenters. The predicted octanol–water partition coefficient (Wildman–Crippen LogP) is 4.17. The van der Waals surface area contributed by atoms with Crippen molar-refractivity contribution in [3.05, 3.63) is 34.1 Å². The molecule has 0 aliphatic heterocycles. The van der Waals surface area contributed by atoms with Gasteiger partial charge in [0.1, 0.15) is 5.82 Å². The molecule has 0 N–H and O–H groups in total. The van der Waals surface area contributed by atoms with Crippen molar-refractivity contribution in [1.82, 2.24) is 14.8 Å². The second-order valence-electron chi connectivity index (χ2n) is 3.41. The van der Waals surface area contributed by atoms with E-state index in [2.05, 4.69) is 26.1 Å². The van der Waals surface area contributed by atoms with Gasteiger partial charge in [-0.3, -0.25) is 0 Å². The van der Waals surface area contributed by atoms with E-state index in [1.807, 2.05) is 17.6 Å². The first-order valence-corrected chi connectivity index (χ1v) is 6.99. The zero-order valence-corrected chi connectivity index (χ0v) is 12.2. The molecule has 2 rings (SSSR count). The molecule has 0 fully saturated rings. The second-order valence-corrected chi connectivity index (χ2v) is 4.79. The molecule has 1 heterocycles. The highest BCUT2D eigenvalue weighted by molar-refractivity contribution is 9.08. The Bertz CT molecular complexity index is 519. The molecule has 1 aromatic heterocycles. The number of halogens is 3. The molecule has 0 radical (unpaired) electrons. The van der Waals surface area contributed by atoms with E-state index in [1.54, 1.807) is 12.1 Å². The van der Waals surface area contributed by atoms with Crippen LogP contribution in [0.5, 0.6) is 0 Å². The lowest BCUT2D eigenvalue weighted by Crippen LogP contribution is -2.02. The van der Waals surface area contributed by atoms with Crippen molar-refractivity contribution in [2.45, 2.75) is 18.8 Å². The van der Waals surface area contributed by atoms with E-state index in [0.717, 1.165) is 17.9 Å². The van der Waals surface area contributed by atoms with Gasteiger partial charge in [-0.25, -0.2) is 0 Å². The Labute approximate surface area is 118 Å². The van der Waals surface area contributed by atoms with Crippen LogP contribution in [-0.4, -0.2) is 14.8 Å². The molecule has 3 nitrogen and oxygen atoms in total. The number of alkyl halides is 1. The summed E-state index contributed by atoms with van der Waals surface area (Å²) in [5.74, 6) is 1.57. The molecule has 0 atom stereocenters. The standard InChI is InChI=1S/C11H10BrCl2N3/c1-2-17-9(6-12)15-16-11(17)10-7(13)4-3-5-8(10)14/h3-5H,2,6H2,1H3. The van der Waals surface area contributed by atoms with Crippen LogP contribution in [0.4, 0.5) is 0 Å². The molecular weight excluding hydrogens is 325 g/mol. The quantitative estimate of drug-likeness (QED) is 0.789. The fourth-order valence-corrected chi connectivity index (χ4v) is 2.64. The third-order valence-corrected chi connectivity index (χ3v) is 3.58. The fourth-order valence-electron chi connectivity index (χ4n) is 1.66. The minimum atomic E-state index is 0.584. The van der Waals surface area contributed by atoms with Gasteiger partial charge in [0.15, 0.2) is 5.82 Å². The fraction of sp³-hybridized carbons (Fsp3) is 0.273. The molecule has 0 amide bonds. The number of hydrogen-bond acceptors (Lipinski definition) is 2. The molecular formula is C11H10BrCl2N3. The zero-order chi connectivity index (χ0) is 12.4. The van der Waals surface area contributed by atoms with Crippen LogP contribution in [0.15, 0.2) is 18.2 Å². The maximum atomic E-state index is 6.17. The van der Waals surface area contributed by atoms with Crippen molar-refractivity contribution in [1.29, 1.82) is 0 Å². The topological polar surface area (TPSA) is 30.7 Å². The van der Waals surface area contributed by atoms with E-state index >= 15 is 0 Å². The van der Waals surface area contributed by atoms with Crippen molar-refractivity contribution in [3.63, 3.8) is 0 Å². The smallest absolute Gasteiger partial charge is 0.166 e. The van der Waals surface area contributed by atoms with E-state index in [1.165, 1.54) is 0 Å². The molecule has 0 bridgehead atoms. The lowest BCUT2D eigenvalue weighted by Gasteiger charge is -2.08. The van der Waals surface area contributed by atoms with Crippen molar-refractivity contribution in [2.75, 3.05) is 0 Å². The van der Waals surface area contributed by atoms with Crippen LogP contribution in [0, 0.1) is 0 Å². The summed E-state index contributed by atoms with van der Waals surface area (Å²) in [5, 5.41) is 10.1. The van der Waals surface area contributed by atoms with Gasteiger partial charge in [-0.05, 0) is 19.1 Å². The Morgan fingerprint density at radius 3 is 2.41 bits per heavy atom. The molecule has 0 saturated heterocycles. The number of hydrogen-bond donors (Lipinski definition) is 0. The molecule has 2 aromatic rings. The van der Waals surface area contributed by atoms with Gasteiger partial charge in [-0.2, -0.15) is 0 Å². The van der Waals surface area contributed by atoms with E-state index < -0.39 is 0 Å². The van der Waals surface area contributed by atoms with Gasteiger partial charge in [-0.1, -0.05) is 45.2 Å². The summed E-state index contributed by atoms with van der Waals surface area (Å²) in [5.41, 5.74) is 0.734. The summed E-state index contributed by atoms with van der Waals surface area (Å²) >= 11 is 15.7. The SMILES string of the molecule is CCn1c(CBr)nnc1-c1c(Cl)cccc1Cl. The maximum absolute atomic E-state index is 6.17. The molecule has 6 heteroatoms. The van der Waals surface area contributed by atoms with Crippen LogP contribution in [0.3, 0.4) is 0 Å². The number of nitrogens with zero attached hydrogens (tertiary/aromatic N) is 3. The summed E-state index contributed by atoms with van der Waals surface area (Å²) in [6, 6.07) is 5.41. The van der Waals surface area contributed by atoms with Gasteiger partial charge in [0.2, 0.25) is 0 Å². The molecule has 0 aliphatic carbocycles. The van der Waals surface area contributed by atoms with Crippen molar-refractivity contribution < 1.29 is 0 Å². The Balaban J connectivity index is 2.64. The Kier molecular flexibility index (Phi) is 4.07. The zero-order valence-electron chi connectivity index (χ0n) is 9.12. The molecule has 0 aliphatic rings.